The van der Waals surface area contributed by atoms with E-state index in [9.17, 15) is 4.79 Å². The number of nitrogens with one attached hydrogen (secondary N) is 1. The number of para-hydroxylation sites is 1. The molecule has 108 valence electrons. The van der Waals surface area contributed by atoms with E-state index in [0.717, 1.165) is 16.9 Å². The molecule has 0 aromatic heterocycles. The van der Waals surface area contributed by atoms with Crippen molar-refractivity contribution in [1.29, 1.82) is 0 Å². The molecule has 0 aliphatic heterocycles. The van der Waals surface area contributed by atoms with Crippen LogP contribution < -0.4 is 10.1 Å². The molecule has 0 atom stereocenters. The fourth-order valence-corrected chi connectivity index (χ4v) is 1.67. The van der Waals surface area contributed by atoms with Crippen molar-refractivity contribution in [1.82, 2.24) is 0 Å². The number of carbonyl (C=O) groups is 1. The van der Waals surface area contributed by atoms with Crippen LogP contribution in [0, 0.1) is 6.92 Å². The van der Waals surface area contributed by atoms with E-state index in [-0.39, 0.29) is 0 Å². The molecule has 0 unspecified atom stereocenters. The molecule has 0 saturated carbocycles. The van der Waals surface area contributed by atoms with Crippen molar-refractivity contribution in [3.63, 3.8) is 0 Å². The van der Waals surface area contributed by atoms with Gasteiger partial charge in [0.05, 0.1) is 13.3 Å². The number of nitrogens with zero attached hydrogens (tertiary/aromatic N) is 1. The van der Waals surface area contributed by atoms with Crippen LogP contribution in [0.3, 0.4) is 0 Å². The molecule has 2 aromatic rings. The standard InChI is InChI=1S/C16H16N2O3/c1-12-5-3-4-6-15(12)18-16(19)21-17-11-13-7-9-14(20-2)10-8-13/h3-11H,1-2H3,(H,18,19)/b17-11+. The first kappa shape index (κ1) is 14.6. The van der Waals surface area contributed by atoms with Crippen LogP contribution in [0.15, 0.2) is 53.7 Å². The highest BCUT2D eigenvalue weighted by Gasteiger charge is 2.04. The maximum Gasteiger partial charge on any atom is 0.437 e. The minimum Gasteiger partial charge on any atom is -0.497 e. The first-order valence-corrected chi connectivity index (χ1v) is 6.40. The third-order valence-electron chi connectivity index (χ3n) is 2.83. The van der Waals surface area contributed by atoms with Crippen molar-refractivity contribution in [2.45, 2.75) is 6.92 Å². The summed E-state index contributed by atoms with van der Waals surface area (Å²) in [6, 6.07) is 14.6. The summed E-state index contributed by atoms with van der Waals surface area (Å²) in [5, 5.41) is 6.26. The van der Waals surface area contributed by atoms with Gasteiger partial charge in [-0.05, 0) is 48.4 Å². The molecule has 0 aliphatic carbocycles. The summed E-state index contributed by atoms with van der Waals surface area (Å²) in [5.41, 5.74) is 2.45. The van der Waals surface area contributed by atoms with E-state index in [1.54, 1.807) is 25.3 Å². The highest BCUT2D eigenvalue weighted by atomic mass is 16.7. The van der Waals surface area contributed by atoms with Crippen molar-refractivity contribution in [3.8, 4) is 5.75 Å². The summed E-state index contributed by atoms with van der Waals surface area (Å²) in [4.78, 5) is 16.3. The van der Waals surface area contributed by atoms with Crippen molar-refractivity contribution in [3.05, 3.63) is 59.7 Å². The molecule has 0 fully saturated rings. The first-order valence-electron chi connectivity index (χ1n) is 6.40. The van der Waals surface area contributed by atoms with Crippen molar-refractivity contribution < 1.29 is 14.4 Å². The van der Waals surface area contributed by atoms with E-state index in [2.05, 4.69) is 10.5 Å². The Balaban J connectivity index is 1.88. The van der Waals surface area contributed by atoms with Gasteiger partial charge in [-0.3, -0.25) is 10.2 Å². The van der Waals surface area contributed by atoms with E-state index in [0.29, 0.717) is 5.69 Å². The summed E-state index contributed by atoms with van der Waals surface area (Å²) in [6.45, 7) is 1.90. The monoisotopic (exact) mass is 284 g/mol. The van der Waals surface area contributed by atoms with Gasteiger partial charge in [0.2, 0.25) is 0 Å². The number of aryl methyl sites for hydroxylation is 1. The largest absolute Gasteiger partial charge is 0.497 e. The Morgan fingerprint density at radius 2 is 1.86 bits per heavy atom. The Morgan fingerprint density at radius 1 is 1.14 bits per heavy atom. The lowest BCUT2D eigenvalue weighted by molar-refractivity contribution is 0.167. The summed E-state index contributed by atoms with van der Waals surface area (Å²) in [6.07, 6.45) is 0.825. The minimum absolute atomic E-state index is 0.630. The molecular weight excluding hydrogens is 268 g/mol. The zero-order valence-electron chi connectivity index (χ0n) is 11.9. The lowest BCUT2D eigenvalue weighted by Crippen LogP contribution is -2.11. The van der Waals surface area contributed by atoms with E-state index in [4.69, 9.17) is 9.57 Å². The van der Waals surface area contributed by atoms with Crippen LogP contribution in [-0.4, -0.2) is 19.4 Å². The van der Waals surface area contributed by atoms with Gasteiger partial charge in [0.25, 0.3) is 0 Å². The first-order chi connectivity index (χ1) is 10.2. The molecule has 21 heavy (non-hydrogen) atoms. The smallest absolute Gasteiger partial charge is 0.437 e. The predicted molar refractivity (Wildman–Crippen MR) is 81.9 cm³/mol. The molecule has 0 spiro atoms. The van der Waals surface area contributed by atoms with Gasteiger partial charge in [0.15, 0.2) is 0 Å². The number of amides is 1. The molecule has 1 amide bonds. The second-order valence-corrected chi connectivity index (χ2v) is 4.33. The van der Waals surface area contributed by atoms with E-state index < -0.39 is 6.09 Å². The highest BCUT2D eigenvalue weighted by molar-refractivity contribution is 5.86. The number of hydrogen-bond acceptors (Lipinski definition) is 4. The average molecular weight is 284 g/mol. The minimum atomic E-state index is -0.630. The Bertz CT molecular complexity index is 636. The van der Waals surface area contributed by atoms with Gasteiger partial charge in [-0.2, -0.15) is 0 Å². The van der Waals surface area contributed by atoms with Crippen molar-refractivity contribution >= 4 is 18.0 Å². The van der Waals surface area contributed by atoms with E-state index in [1.807, 2.05) is 37.3 Å². The molecule has 5 nitrogen and oxygen atoms in total. The third-order valence-corrected chi connectivity index (χ3v) is 2.83. The number of methoxy groups -OCH3 is 1. The Labute approximate surface area is 123 Å². The third kappa shape index (κ3) is 4.35. The molecule has 0 heterocycles. The number of rotatable bonds is 4. The maximum atomic E-state index is 11.6. The molecule has 5 heteroatoms. The van der Waals surface area contributed by atoms with Gasteiger partial charge in [-0.15, -0.1) is 0 Å². The zero-order valence-corrected chi connectivity index (χ0v) is 11.9. The molecular formula is C16H16N2O3. The molecule has 0 bridgehead atoms. The van der Waals surface area contributed by atoms with Gasteiger partial charge in [-0.25, -0.2) is 4.79 Å². The topological polar surface area (TPSA) is 59.9 Å². The second-order valence-electron chi connectivity index (χ2n) is 4.33. The number of carbonyl (C=O) groups excluding carboxylic acids is 1. The Kier molecular flexibility index (Phi) is 4.93. The number of benzene rings is 2. The van der Waals surface area contributed by atoms with Crippen LogP contribution in [0.5, 0.6) is 5.75 Å². The number of oxime groups is 1. The molecule has 1 N–H and O–H groups in total. The van der Waals surface area contributed by atoms with E-state index in [1.165, 1.54) is 6.21 Å². The Morgan fingerprint density at radius 3 is 2.52 bits per heavy atom. The van der Waals surface area contributed by atoms with Crippen LogP contribution >= 0.6 is 0 Å². The van der Waals surface area contributed by atoms with Crippen LogP contribution in [0.4, 0.5) is 10.5 Å². The summed E-state index contributed by atoms with van der Waals surface area (Å²) < 4.78 is 5.05. The highest BCUT2D eigenvalue weighted by Crippen LogP contribution is 2.13. The quantitative estimate of drug-likeness (QED) is 0.530. The fraction of sp³-hybridized carbons (Fsp3) is 0.125. The molecule has 0 radical (unpaired) electrons. The Hall–Kier alpha value is -2.82. The average Bonchev–Trinajstić information content (AvgIpc) is 2.50. The molecule has 2 aromatic carbocycles. The predicted octanol–water partition coefficient (Wildman–Crippen LogP) is 3.59. The summed E-state index contributed by atoms with van der Waals surface area (Å²) in [5.74, 6) is 0.755. The molecule has 0 saturated heterocycles. The van der Waals surface area contributed by atoms with Gasteiger partial charge in [-0.1, -0.05) is 23.4 Å². The van der Waals surface area contributed by atoms with E-state index >= 15 is 0 Å². The SMILES string of the molecule is COc1ccc(/C=N/OC(=O)Nc2ccccc2C)cc1. The van der Waals surface area contributed by atoms with Crippen molar-refractivity contribution in [2.24, 2.45) is 5.16 Å². The summed E-state index contributed by atoms with van der Waals surface area (Å²) >= 11 is 0. The maximum absolute atomic E-state index is 11.6. The van der Waals surface area contributed by atoms with Crippen LogP contribution in [0.1, 0.15) is 11.1 Å². The van der Waals surface area contributed by atoms with Crippen molar-refractivity contribution in [2.75, 3.05) is 12.4 Å². The molecule has 2 rings (SSSR count). The number of hydrogen-bond donors (Lipinski definition) is 1. The lowest BCUT2D eigenvalue weighted by Gasteiger charge is -2.05. The van der Waals surface area contributed by atoms with Crippen LogP contribution in [0.25, 0.3) is 0 Å². The second kappa shape index (κ2) is 7.09. The summed E-state index contributed by atoms with van der Waals surface area (Å²) in [7, 11) is 1.60. The van der Waals surface area contributed by atoms with Gasteiger partial charge in [0, 0.05) is 5.69 Å². The van der Waals surface area contributed by atoms with Gasteiger partial charge in [0.1, 0.15) is 5.75 Å². The number of ether oxygens (including phenoxy) is 1. The normalized spacial score (nSPS) is 10.4. The van der Waals surface area contributed by atoms with Gasteiger partial charge >= 0.3 is 6.09 Å². The lowest BCUT2D eigenvalue weighted by atomic mass is 10.2. The molecule has 0 aliphatic rings. The zero-order chi connectivity index (χ0) is 15.1. The number of anilines is 1. The van der Waals surface area contributed by atoms with Crippen LogP contribution in [-0.2, 0) is 4.84 Å². The fourth-order valence-electron chi connectivity index (χ4n) is 1.67. The van der Waals surface area contributed by atoms with Gasteiger partial charge < -0.3 is 4.74 Å². The van der Waals surface area contributed by atoms with Crippen LogP contribution in [0.2, 0.25) is 0 Å².